The van der Waals surface area contributed by atoms with E-state index in [1.807, 2.05) is 24.3 Å². The van der Waals surface area contributed by atoms with E-state index in [1.165, 1.54) is 34.9 Å². The van der Waals surface area contributed by atoms with Gasteiger partial charge in [-0.1, -0.05) is 47.0 Å². The first-order valence-electron chi connectivity index (χ1n) is 6.84. The van der Waals surface area contributed by atoms with Gasteiger partial charge >= 0.3 is 0 Å². The topological polar surface area (TPSA) is 107 Å². The third kappa shape index (κ3) is 6.38. The third-order valence-electron chi connectivity index (χ3n) is 2.70. The molecule has 0 spiro atoms. The molecule has 2 aromatic rings. The van der Waals surface area contributed by atoms with Gasteiger partial charge in [0.15, 0.2) is 8.68 Å². The molecule has 0 aliphatic carbocycles. The molecule has 7 nitrogen and oxygen atoms in total. The number of amides is 2. The van der Waals surface area contributed by atoms with Gasteiger partial charge in [-0.15, -0.1) is 10.2 Å². The van der Waals surface area contributed by atoms with E-state index in [0.717, 1.165) is 11.3 Å². The quantitative estimate of drug-likeness (QED) is 0.631. The molecule has 0 saturated carbocycles. The van der Waals surface area contributed by atoms with Gasteiger partial charge in [-0.3, -0.25) is 9.59 Å². The summed E-state index contributed by atoms with van der Waals surface area (Å²) in [6, 6.07) is 7.50. The first-order valence-corrected chi connectivity index (χ1v) is 9.62. The van der Waals surface area contributed by atoms with Crippen LogP contribution in [0.25, 0.3) is 0 Å². The molecular formula is C14H16N4O3S3. The van der Waals surface area contributed by atoms with Crippen LogP contribution < -0.4 is 15.8 Å². The molecule has 0 aliphatic heterocycles. The van der Waals surface area contributed by atoms with Crippen LogP contribution in [-0.2, 0) is 16.1 Å². The number of nitrogens with zero attached hydrogens (tertiary/aromatic N) is 2. The summed E-state index contributed by atoms with van der Waals surface area (Å²) < 4.78 is 6.43. The molecule has 0 aliphatic rings. The van der Waals surface area contributed by atoms with Gasteiger partial charge in [0.2, 0.25) is 11.8 Å². The number of ether oxygens (including phenoxy) is 1. The van der Waals surface area contributed by atoms with E-state index >= 15 is 0 Å². The van der Waals surface area contributed by atoms with Crippen molar-refractivity contribution in [2.24, 2.45) is 5.73 Å². The van der Waals surface area contributed by atoms with Crippen molar-refractivity contribution in [1.29, 1.82) is 0 Å². The molecule has 0 unspecified atom stereocenters. The second-order valence-corrected chi connectivity index (χ2v) is 7.92. The summed E-state index contributed by atoms with van der Waals surface area (Å²) in [4.78, 5) is 22.6. The number of hydrogen-bond donors (Lipinski definition) is 2. The summed E-state index contributed by atoms with van der Waals surface area (Å²) in [5.74, 6) is 0.717. The van der Waals surface area contributed by atoms with Crippen molar-refractivity contribution in [2.45, 2.75) is 15.2 Å². The number of aromatic nitrogens is 2. The standard InChI is InChI=1S/C14H16N4O3S3/c1-21-10-4-2-9(3-5-10)6-16-12(20)8-23-14-18-17-13(24-14)22-7-11(15)19/h2-5H,6-8H2,1H3,(H2,15,19)(H,16,20). The van der Waals surface area contributed by atoms with Crippen molar-refractivity contribution in [3.8, 4) is 5.75 Å². The summed E-state index contributed by atoms with van der Waals surface area (Å²) in [5.41, 5.74) is 6.07. The molecule has 3 N–H and O–H groups in total. The van der Waals surface area contributed by atoms with Crippen molar-refractivity contribution in [3.63, 3.8) is 0 Å². The zero-order chi connectivity index (χ0) is 17.4. The van der Waals surface area contributed by atoms with Gasteiger partial charge in [0.05, 0.1) is 18.6 Å². The lowest BCUT2D eigenvalue weighted by atomic mass is 10.2. The molecule has 2 amide bonds. The SMILES string of the molecule is COc1ccc(CNC(=O)CSc2nnc(SCC(N)=O)s2)cc1. The first kappa shape index (κ1) is 18.6. The summed E-state index contributed by atoms with van der Waals surface area (Å²) >= 11 is 3.89. The zero-order valence-corrected chi connectivity index (χ0v) is 15.3. The molecular weight excluding hydrogens is 368 g/mol. The molecule has 10 heteroatoms. The minimum Gasteiger partial charge on any atom is -0.497 e. The number of nitrogens with one attached hydrogen (secondary N) is 1. The minimum absolute atomic E-state index is 0.0858. The number of carbonyl (C=O) groups excluding carboxylic acids is 2. The molecule has 0 atom stereocenters. The fourth-order valence-electron chi connectivity index (χ4n) is 1.57. The molecule has 1 heterocycles. The van der Waals surface area contributed by atoms with Crippen molar-refractivity contribution in [2.75, 3.05) is 18.6 Å². The van der Waals surface area contributed by atoms with Crippen LogP contribution in [0.15, 0.2) is 32.9 Å². The third-order valence-corrected chi connectivity index (χ3v) is 5.91. The fraction of sp³-hybridized carbons (Fsp3) is 0.286. The highest BCUT2D eigenvalue weighted by Crippen LogP contribution is 2.28. The predicted molar refractivity (Wildman–Crippen MR) is 95.4 cm³/mol. The Hall–Kier alpha value is -1.78. The Morgan fingerprint density at radius 3 is 2.38 bits per heavy atom. The van der Waals surface area contributed by atoms with Crippen molar-refractivity contribution in [1.82, 2.24) is 15.5 Å². The van der Waals surface area contributed by atoms with Gasteiger partial charge in [0, 0.05) is 6.54 Å². The van der Waals surface area contributed by atoms with Crippen LogP contribution in [0.4, 0.5) is 0 Å². The Morgan fingerprint density at radius 2 is 1.79 bits per heavy atom. The van der Waals surface area contributed by atoms with E-state index in [0.29, 0.717) is 15.2 Å². The Kier molecular flexibility index (Phi) is 7.35. The summed E-state index contributed by atoms with van der Waals surface area (Å²) in [7, 11) is 1.61. The largest absolute Gasteiger partial charge is 0.497 e. The summed E-state index contributed by atoms with van der Waals surface area (Å²) in [6.07, 6.45) is 0. The molecule has 2 rings (SSSR count). The molecule has 0 fully saturated rings. The maximum absolute atomic E-state index is 11.9. The van der Waals surface area contributed by atoms with Crippen LogP contribution in [0, 0.1) is 0 Å². The molecule has 0 radical (unpaired) electrons. The number of nitrogens with two attached hydrogens (primary N) is 1. The summed E-state index contributed by atoms with van der Waals surface area (Å²) in [6.45, 7) is 0.458. The van der Waals surface area contributed by atoms with Gasteiger partial charge in [-0.05, 0) is 17.7 Å². The molecule has 0 bridgehead atoms. The van der Waals surface area contributed by atoms with E-state index < -0.39 is 5.91 Å². The van der Waals surface area contributed by atoms with Gasteiger partial charge in [0.25, 0.3) is 0 Å². The smallest absolute Gasteiger partial charge is 0.230 e. The van der Waals surface area contributed by atoms with Crippen molar-refractivity contribution in [3.05, 3.63) is 29.8 Å². The lowest BCUT2D eigenvalue weighted by Gasteiger charge is -2.05. The average Bonchev–Trinajstić information content (AvgIpc) is 3.04. The van der Waals surface area contributed by atoms with Crippen LogP contribution in [0.3, 0.4) is 0 Å². The van der Waals surface area contributed by atoms with E-state index in [4.69, 9.17) is 10.5 Å². The second kappa shape index (κ2) is 9.50. The second-order valence-electron chi connectivity index (χ2n) is 4.50. The number of methoxy groups -OCH3 is 1. The number of primary amides is 1. The maximum Gasteiger partial charge on any atom is 0.230 e. The molecule has 128 valence electrons. The molecule has 24 heavy (non-hydrogen) atoms. The van der Waals surface area contributed by atoms with Crippen molar-refractivity contribution < 1.29 is 14.3 Å². The Balaban J connectivity index is 1.71. The van der Waals surface area contributed by atoms with Gasteiger partial charge in [-0.25, -0.2) is 0 Å². The predicted octanol–water partition coefficient (Wildman–Crippen LogP) is 1.53. The molecule has 1 aromatic carbocycles. The number of rotatable bonds is 9. The van der Waals surface area contributed by atoms with E-state index in [9.17, 15) is 9.59 Å². The van der Waals surface area contributed by atoms with Crippen molar-refractivity contribution >= 4 is 46.7 Å². The Bertz CT molecular complexity index is 691. The number of benzene rings is 1. The van der Waals surface area contributed by atoms with E-state index in [-0.39, 0.29) is 17.4 Å². The maximum atomic E-state index is 11.9. The average molecular weight is 385 g/mol. The highest BCUT2D eigenvalue weighted by Gasteiger charge is 2.09. The van der Waals surface area contributed by atoms with Crippen LogP contribution in [0.1, 0.15) is 5.56 Å². The summed E-state index contributed by atoms with van der Waals surface area (Å²) in [5, 5.41) is 10.7. The zero-order valence-electron chi connectivity index (χ0n) is 12.9. The van der Waals surface area contributed by atoms with Crippen LogP contribution in [-0.4, -0.2) is 40.6 Å². The molecule has 0 saturated heterocycles. The van der Waals surface area contributed by atoms with Crippen LogP contribution in [0.2, 0.25) is 0 Å². The van der Waals surface area contributed by atoms with Crippen LogP contribution in [0.5, 0.6) is 5.75 Å². The highest BCUT2D eigenvalue weighted by atomic mass is 32.2. The Labute approximate surface area is 151 Å². The normalized spacial score (nSPS) is 10.4. The minimum atomic E-state index is -0.401. The van der Waals surface area contributed by atoms with E-state index in [2.05, 4.69) is 15.5 Å². The Morgan fingerprint density at radius 1 is 1.17 bits per heavy atom. The van der Waals surface area contributed by atoms with Crippen LogP contribution >= 0.6 is 34.9 Å². The van der Waals surface area contributed by atoms with Gasteiger partial charge in [-0.2, -0.15) is 0 Å². The number of hydrogen-bond acceptors (Lipinski definition) is 8. The van der Waals surface area contributed by atoms with Gasteiger partial charge in [0.1, 0.15) is 5.75 Å². The molecule has 1 aromatic heterocycles. The van der Waals surface area contributed by atoms with Gasteiger partial charge < -0.3 is 15.8 Å². The number of thioether (sulfide) groups is 2. The monoisotopic (exact) mass is 384 g/mol. The highest BCUT2D eigenvalue weighted by molar-refractivity contribution is 8.03. The fourth-order valence-corrected chi connectivity index (χ4v) is 4.16. The van der Waals surface area contributed by atoms with E-state index in [1.54, 1.807) is 7.11 Å². The first-order chi connectivity index (χ1) is 11.6. The number of carbonyl (C=O) groups is 2. The lowest BCUT2D eigenvalue weighted by Crippen LogP contribution is -2.24. The lowest BCUT2D eigenvalue weighted by molar-refractivity contribution is -0.118.